The average molecular weight is 345 g/mol. The summed E-state index contributed by atoms with van der Waals surface area (Å²) in [7, 11) is 1.70. The van der Waals surface area contributed by atoms with E-state index in [-0.39, 0.29) is 0 Å². The summed E-state index contributed by atoms with van der Waals surface area (Å²) in [6, 6.07) is 28.1. The molecule has 1 unspecified atom stereocenters. The van der Waals surface area contributed by atoms with Gasteiger partial charge in [-0.25, -0.2) is 0 Å². The van der Waals surface area contributed by atoms with E-state index < -0.39 is 5.54 Å². The van der Waals surface area contributed by atoms with E-state index in [1.54, 1.807) is 7.11 Å². The van der Waals surface area contributed by atoms with Gasteiger partial charge in [0, 0.05) is 6.04 Å². The smallest absolute Gasteiger partial charge is 0.118 e. The molecule has 3 aromatic rings. The van der Waals surface area contributed by atoms with Crippen molar-refractivity contribution in [3.63, 3.8) is 0 Å². The molecule has 26 heavy (non-hydrogen) atoms. The highest BCUT2D eigenvalue weighted by molar-refractivity contribution is 5.51. The van der Waals surface area contributed by atoms with Gasteiger partial charge < -0.3 is 4.74 Å². The largest absolute Gasteiger partial charge is 0.497 e. The Morgan fingerprint density at radius 2 is 1.23 bits per heavy atom. The molecule has 0 aliphatic rings. The number of hydrogen-bond donors (Lipinski definition) is 1. The third-order valence-corrected chi connectivity index (χ3v) is 4.72. The molecule has 0 aromatic heterocycles. The van der Waals surface area contributed by atoms with Gasteiger partial charge in [0.05, 0.1) is 12.6 Å². The maximum absolute atomic E-state index is 5.37. The number of methoxy groups -OCH3 is 1. The average Bonchev–Trinajstić information content (AvgIpc) is 2.67. The van der Waals surface area contributed by atoms with Gasteiger partial charge in [0.1, 0.15) is 5.75 Å². The number of rotatable bonds is 6. The zero-order valence-electron chi connectivity index (χ0n) is 16.0. The molecule has 0 heterocycles. The molecule has 0 aliphatic carbocycles. The first-order chi connectivity index (χ1) is 12.6. The lowest BCUT2D eigenvalue weighted by Gasteiger charge is -2.39. The SMILES string of the molecule is COc1ccc(C(NC(C)C)(c2ccccc2)c2ccc(C)cc2)cc1. The summed E-state index contributed by atoms with van der Waals surface area (Å²) in [6.45, 7) is 6.50. The molecule has 0 saturated carbocycles. The van der Waals surface area contributed by atoms with Crippen LogP contribution in [0.15, 0.2) is 78.9 Å². The third-order valence-electron chi connectivity index (χ3n) is 4.72. The van der Waals surface area contributed by atoms with Gasteiger partial charge in [0.25, 0.3) is 0 Å². The Morgan fingerprint density at radius 1 is 0.731 bits per heavy atom. The van der Waals surface area contributed by atoms with Crippen LogP contribution in [0.2, 0.25) is 0 Å². The van der Waals surface area contributed by atoms with Gasteiger partial charge in [-0.05, 0) is 49.6 Å². The van der Waals surface area contributed by atoms with Crippen molar-refractivity contribution in [1.82, 2.24) is 5.32 Å². The lowest BCUT2D eigenvalue weighted by Crippen LogP contribution is -2.47. The van der Waals surface area contributed by atoms with Gasteiger partial charge in [0.2, 0.25) is 0 Å². The van der Waals surface area contributed by atoms with Crippen LogP contribution in [-0.4, -0.2) is 13.2 Å². The van der Waals surface area contributed by atoms with Crippen LogP contribution in [0.1, 0.15) is 36.1 Å². The van der Waals surface area contributed by atoms with E-state index in [1.807, 2.05) is 12.1 Å². The quantitative estimate of drug-likeness (QED) is 0.613. The number of hydrogen-bond acceptors (Lipinski definition) is 2. The van der Waals surface area contributed by atoms with Crippen molar-refractivity contribution in [2.24, 2.45) is 0 Å². The second-order valence-electron chi connectivity index (χ2n) is 7.01. The minimum atomic E-state index is -0.421. The summed E-state index contributed by atoms with van der Waals surface area (Å²) in [5.74, 6) is 0.865. The maximum Gasteiger partial charge on any atom is 0.118 e. The predicted octanol–water partition coefficient (Wildman–Crippen LogP) is 5.29. The topological polar surface area (TPSA) is 21.3 Å². The molecule has 1 N–H and O–H groups in total. The summed E-state index contributed by atoms with van der Waals surface area (Å²) in [5.41, 5.74) is 4.49. The van der Waals surface area contributed by atoms with Crippen molar-refractivity contribution in [1.29, 1.82) is 0 Å². The molecule has 0 saturated heterocycles. The first-order valence-electron chi connectivity index (χ1n) is 9.11. The van der Waals surface area contributed by atoms with E-state index in [2.05, 4.69) is 92.8 Å². The Balaban J connectivity index is 2.28. The summed E-state index contributed by atoms with van der Waals surface area (Å²) >= 11 is 0. The van der Waals surface area contributed by atoms with Crippen LogP contribution in [0.3, 0.4) is 0 Å². The van der Waals surface area contributed by atoms with Crippen LogP contribution in [0, 0.1) is 6.92 Å². The van der Waals surface area contributed by atoms with E-state index in [0.717, 1.165) is 5.75 Å². The van der Waals surface area contributed by atoms with E-state index in [4.69, 9.17) is 4.74 Å². The molecule has 0 amide bonds. The van der Waals surface area contributed by atoms with Crippen LogP contribution in [0.25, 0.3) is 0 Å². The van der Waals surface area contributed by atoms with Crippen molar-refractivity contribution in [2.45, 2.75) is 32.4 Å². The second kappa shape index (κ2) is 7.76. The van der Waals surface area contributed by atoms with Crippen molar-refractivity contribution < 1.29 is 4.74 Å². The van der Waals surface area contributed by atoms with Crippen LogP contribution in [0.4, 0.5) is 0 Å². The first-order valence-corrected chi connectivity index (χ1v) is 9.11. The molecular weight excluding hydrogens is 318 g/mol. The summed E-state index contributed by atoms with van der Waals surface area (Å²) in [4.78, 5) is 0. The molecule has 0 fully saturated rings. The molecule has 134 valence electrons. The summed E-state index contributed by atoms with van der Waals surface area (Å²) in [6.07, 6.45) is 0. The molecule has 2 heteroatoms. The normalized spacial score (nSPS) is 13.4. The van der Waals surface area contributed by atoms with Crippen LogP contribution in [-0.2, 0) is 5.54 Å². The molecule has 0 radical (unpaired) electrons. The number of benzene rings is 3. The van der Waals surface area contributed by atoms with Crippen LogP contribution >= 0.6 is 0 Å². The molecule has 1 atom stereocenters. The molecule has 2 nitrogen and oxygen atoms in total. The van der Waals surface area contributed by atoms with Gasteiger partial charge in [0.15, 0.2) is 0 Å². The number of ether oxygens (including phenoxy) is 1. The van der Waals surface area contributed by atoms with Crippen LogP contribution in [0.5, 0.6) is 5.75 Å². The van der Waals surface area contributed by atoms with Crippen molar-refractivity contribution in [2.75, 3.05) is 7.11 Å². The molecule has 3 aromatic carbocycles. The fraction of sp³-hybridized carbons (Fsp3) is 0.250. The maximum atomic E-state index is 5.37. The van der Waals surface area contributed by atoms with Gasteiger partial charge >= 0.3 is 0 Å². The molecule has 0 aliphatic heterocycles. The predicted molar refractivity (Wildman–Crippen MR) is 109 cm³/mol. The van der Waals surface area contributed by atoms with Crippen LogP contribution < -0.4 is 10.1 Å². The second-order valence-corrected chi connectivity index (χ2v) is 7.01. The Bertz CT molecular complexity index is 822. The van der Waals surface area contributed by atoms with E-state index >= 15 is 0 Å². The number of aryl methyl sites for hydroxylation is 1. The van der Waals surface area contributed by atoms with Gasteiger partial charge in [-0.3, -0.25) is 5.32 Å². The summed E-state index contributed by atoms with van der Waals surface area (Å²) < 4.78 is 5.37. The lowest BCUT2D eigenvalue weighted by molar-refractivity contribution is 0.410. The first kappa shape index (κ1) is 18.2. The minimum Gasteiger partial charge on any atom is -0.497 e. The van der Waals surface area contributed by atoms with Crippen molar-refractivity contribution in [3.05, 3.63) is 101 Å². The Labute approximate surface area is 156 Å². The molecule has 0 spiro atoms. The Kier molecular flexibility index (Phi) is 5.43. The third kappa shape index (κ3) is 3.51. The fourth-order valence-electron chi connectivity index (χ4n) is 3.52. The van der Waals surface area contributed by atoms with Crippen molar-refractivity contribution >= 4 is 0 Å². The van der Waals surface area contributed by atoms with E-state index in [1.165, 1.54) is 22.3 Å². The minimum absolute atomic E-state index is 0.304. The summed E-state index contributed by atoms with van der Waals surface area (Å²) in [5, 5.41) is 3.86. The van der Waals surface area contributed by atoms with Gasteiger partial charge in [-0.2, -0.15) is 0 Å². The highest BCUT2D eigenvalue weighted by atomic mass is 16.5. The zero-order chi connectivity index (χ0) is 18.6. The molecule has 0 bridgehead atoms. The van der Waals surface area contributed by atoms with Gasteiger partial charge in [-0.15, -0.1) is 0 Å². The number of nitrogens with one attached hydrogen (secondary N) is 1. The van der Waals surface area contributed by atoms with E-state index in [0.29, 0.717) is 6.04 Å². The molecular formula is C24H27NO. The lowest BCUT2D eigenvalue weighted by atomic mass is 9.76. The Hall–Kier alpha value is -2.58. The monoisotopic (exact) mass is 345 g/mol. The molecule has 3 rings (SSSR count). The highest BCUT2D eigenvalue weighted by Crippen LogP contribution is 2.38. The highest BCUT2D eigenvalue weighted by Gasteiger charge is 2.36. The van der Waals surface area contributed by atoms with Gasteiger partial charge in [-0.1, -0.05) is 72.3 Å². The van der Waals surface area contributed by atoms with Crippen molar-refractivity contribution in [3.8, 4) is 5.75 Å². The zero-order valence-corrected chi connectivity index (χ0v) is 16.0. The van der Waals surface area contributed by atoms with E-state index in [9.17, 15) is 0 Å². The fourth-order valence-corrected chi connectivity index (χ4v) is 3.52. The standard InChI is InChI=1S/C24H27NO/c1-18(2)25-24(20-8-6-5-7-9-20,21-12-10-19(3)11-13-21)22-14-16-23(26-4)17-15-22/h5-18,25H,1-4H3. The Morgan fingerprint density at radius 3 is 1.73 bits per heavy atom.